The molecular formula is C7H13F3N2O. The third-order valence-corrected chi connectivity index (χ3v) is 1.37. The van der Waals surface area contributed by atoms with Crippen LogP contribution in [0, 0.1) is 11.3 Å². The van der Waals surface area contributed by atoms with Gasteiger partial charge in [0.1, 0.15) is 11.8 Å². The van der Waals surface area contributed by atoms with Gasteiger partial charge in [-0.1, -0.05) is 0 Å². The summed E-state index contributed by atoms with van der Waals surface area (Å²) < 4.78 is 41.1. The number of nitrogens with one attached hydrogen (secondary N) is 1. The maximum absolute atomic E-state index is 12.1. The Morgan fingerprint density at radius 1 is 1.46 bits per heavy atom. The van der Waals surface area contributed by atoms with Crippen LogP contribution in [-0.2, 0) is 4.74 Å². The van der Waals surface area contributed by atoms with E-state index in [1.165, 1.54) is 0 Å². The fourth-order valence-electron chi connectivity index (χ4n) is 0.649. The van der Waals surface area contributed by atoms with E-state index in [2.05, 4.69) is 0 Å². The molecule has 0 aliphatic heterocycles. The average molecular weight is 198 g/mol. The highest BCUT2D eigenvalue weighted by atomic mass is 19.4. The summed E-state index contributed by atoms with van der Waals surface area (Å²) in [5, 5.41) is 6.73. The van der Waals surface area contributed by atoms with Crippen LogP contribution in [0.2, 0.25) is 0 Å². The molecule has 13 heavy (non-hydrogen) atoms. The second-order valence-electron chi connectivity index (χ2n) is 2.93. The van der Waals surface area contributed by atoms with Crippen molar-refractivity contribution in [3.63, 3.8) is 0 Å². The zero-order chi connectivity index (χ0) is 10.6. The molecule has 0 rings (SSSR count). The predicted octanol–water partition coefficient (Wildman–Crippen LogP) is 1.53. The smallest absolute Gasteiger partial charge is 0.387 e. The molecule has 0 aromatic heterocycles. The molecule has 0 aromatic carbocycles. The topological polar surface area (TPSA) is 59.1 Å². The first-order chi connectivity index (χ1) is 5.75. The summed E-state index contributed by atoms with van der Waals surface area (Å²) in [5.74, 6) is -2.90. The van der Waals surface area contributed by atoms with E-state index < -0.39 is 24.5 Å². The third-order valence-electron chi connectivity index (χ3n) is 1.37. The Morgan fingerprint density at radius 3 is 2.15 bits per heavy atom. The first-order valence-corrected chi connectivity index (χ1v) is 3.77. The number of alkyl halides is 3. The second kappa shape index (κ2) is 4.45. The molecule has 0 saturated heterocycles. The lowest BCUT2D eigenvalue weighted by atomic mass is 10.1. The Morgan fingerprint density at radius 2 is 1.92 bits per heavy atom. The van der Waals surface area contributed by atoms with Crippen molar-refractivity contribution < 1.29 is 17.9 Å². The monoisotopic (exact) mass is 198 g/mol. The SMILES string of the molecule is CC(C)OCC(C(=N)N)C(F)(F)F. The van der Waals surface area contributed by atoms with Gasteiger partial charge in [-0.05, 0) is 13.8 Å². The standard InChI is InChI=1S/C7H13F3N2O/c1-4(2)13-3-5(6(11)12)7(8,9)10/h4-5H,3H2,1-2H3,(H3,11,12). The number of hydrogen-bond acceptors (Lipinski definition) is 2. The molecule has 0 spiro atoms. The molecule has 3 nitrogen and oxygen atoms in total. The minimum atomic E-state index is -4.50. The van der Waals surface area contributed by atoms with Crippen molar-refractivity contribution in [2.45, 2.75) is 26.1 Å². The van der Waals surface area contributed by atoms with Crippen LogP contribution in [0.1, 0.15) is 13.8 Å². The lowest BCUT2D eigenvalue weighted by Crippen LogP contribution is -2.39. The Balaban J connectivity index is 4.20. The summed E-state index contributed by atoms with van der Waals surface area (Å²) in [5.41, 5.74) is 4.79. The Kier molecular flexibility index (Phi) is 4.19. The van der Waals surface area contributed by atoms with Crippen LogP contribution >= 0.6 is 0 Å². The fourth-order valence-corrected chi connectivity index (χ4v) is 0.649. The molecule has 0 bridgehead atoms. The first kappa shape index (κ1) is 12.2. The van der Waals surface area contributed by atoms with Crippen LogP contribution in [0.3, 0.4) is 0 Å². The van der Waals surface area contributed by atoms with Crippen LogP contribution in [-0.4, -0.2) is 24.7 Å². The molecule has 1 atom stereocenters. The van der Waals surface area contributed by atoms with Crippen molar-refractivity contribution in [3.05, 3.63) is 0 Å². The fraction of sp³-hybridized carbons (Fsp3) is 0.857. The van der Waals surface area contributed by atoms with Crippen molar-refractivity contribution in [1.82, 2.24) is 0 Å². The molecule has 0 aromatic rings. The summed E-state index contributed by atoms with van der Waals surface area (Å²) in [6.45, 7) is 2.65. The molecule has 1 unspecified atom stereocenters. The molecule has 0 radical (unpaired) electrons. The zero-order valence-corrected chi connectivity index (χ0v) is 7.48. The minimum absolute atomic E-state index is 0.302. The van der Waals surface area contributed by atoms with Crippen molar-refractivity contribution >= 4 is 5.84 Å². The van der Waals surface area contributed by atoms with Gasteiger partial charge in [0.25, 0.3) is 0 Å². The van der Waals surface area contributed by atoms with Gasteiger partial charge in [-0.3, -0.25) is 5.41 Å². The van der Waals surface area contributed by atoms with Gasteiger partial charge in [-0.25, -0.2) is 0 Å². The van der Waals surface area contributed by atoms with E-state index in [1.807, 2.05) is 0 Å². The molecule has 0 aliphatic carbocycles. The lowest BCUT2D eigenvalue weighted by molar-refractivity contribution is -0.171. The summed E-state index contributed by atoms with van der Waals surface area (Å²) >= 11 is 0. The van der Waals surface area contributed by atoms with E-state index >= 15 is 0 Å². The molecule has 78 valence electrons. The van der Waals surface area contributed by atoms with Crippen molar-refractivity contribution in [2.75, 3.05) is 6.61 Å². The predicted molar refractivity (Wildman–Crippen MR) is 42.5 cm³/mol. The van der Waals surface area contributed by atoms with Crippen LogP contribution in [0.15, 0.2) is 0 Å². The van der Waals surface area contributed by atoms with Gasteiger partial charge in [-0.15, -0.1) is 0 Å². The molecule has 0 heterocycles. The minimum Gasteiger partial charge on any atom is -0.387 e. The number of rotatable bonds is 4. The molecule has 6 heteroatoms. The molecule has 0 fully saturated rings. The van der Waals surface area contributed by atoms with Crippen molar-refractivity contribution in [2.24, 2.45) is 11.7 Å². The highest BCUT2D eigenvalue weighted by molar-refractivity contribution is 5.80. The van der Waals surface area contributed by atoms with E-state index in [-0.39, 0.29) is 6.10 Å². The van der Waals surface area contributed by atoms with Gasteiger partial charge in [0.15, 0.2) is 0 Å². The number of amidine groups is 1. The Bertz CT molecular complexity index is 179. The van der Waals surface area contributed by atoms with E-state index in [0.717, 1.165) is 0 Å². The zero-order valence-electron chi connectivity index (χ0n) is 7.48. The van der Waals surface area contributed by atoms with Gasteiger partial charge < -0.3 is 10.5 Å². The number of nitrogens with two attached hydrogens (primary N) is 1. The molecule has 0 saturated carbocycles. The van der Waals surface area contributed by atoms with Crippen LogP contribution in [0.25, 0.3) is 0 Å². The number of halogens is 3. The Labute approximate surface area is 74.6 Å². The summed E-state index contributed by atoms with van der Waals surface area (Å²) in [6, 6.07) is 0. The highest BCUT2D eigenvalue weighted by Gasteiger charge is 2.42. The lowest BCUT2D eigenvalue weighted by Gasteiger charge is -2.19. The van der Waals surface area contributed by atoms with Gasteiger partial charge in [0, 0.05) is 0 Å². The second-order valence-corrected chi connectivity index (χ2v) is 2.93. The highest BCUT2D eigenvalue weighted by Crippen LogP contribution is 2.26. The van der Waals surface area contributed by atoms with Crippen molar-refractivity contribution in [1.29, 1.82) is 5.41 Å². The number of ether oxygens (including phenoxy) is 1. The van der Waals surface area contributed by atoms with E-state index in [1.54, 1.807) is 13.8 Å². The normalized spacial score (nSPS) is 14.6. The first-order valence-electron chi connectivity index (χ1n) is 3.77. The summed E-state index contributed by atoms with van der Waals surface area (Å²) in [7, 11) is 0. The molecule has 0 amide bonds. The molecule has 3 N–H and O–H groups in total. The van der Waals surface area contributed by atoms with Gasteiger partial charge in [0.2, 0.25) is 0 Å². The van der Waals surface area contributed by atoms with E-state index in [9.17, 15) is 13.2 Å². The number of hydrogen-bond donors (Lipinski definition) is 2. The third kappa shape index (κ3) is 4.72. The Hall–Kier alpha value is -0.780. The average Bonchev–Trinajstić information content (AvgIpc) is 1.81. The van der Waals surface area contributed by atoms with Gasteiger partial charge in [-0.2, -0.15) is 13.2 Å². The summed E-state index contributed by atoms with van der Waals surface area (Å²) in [6.07, 6.45) is -4.80. The largest absolute Gasteiger partial charge is 0.400 e. The van der Waals surface area contributed by atoms with Gasteiger partial charge in [0.05, 0.1) is 12.7 Å². The van der Waals surface area contributed by atoms with E-state index in [4.69, 9.17) is 15.9 Å². The maximum atomic E-state index is 12.1. The van der Waals surface area contributed by atoms with Crippen molar-refractivity contribution in [3.8, 4) is 0 Å². The van der Waals surface area contributed by atoms with Crippen LogP contribution in [0.4, 0.5) is 13.2 Å². The quantitative estimate of drug-likeness (QED) is 0.531. The van der Waals surface area contributed by atoms with E-state index in [0.29, 0.717) is 0 Å². The molecule has 0 aliphatic rings. The van der Waals surface area contributed by atoms with Crippen LogP contribution < -0.4 is 5.73 Å². The summed E-state index contributed by atoms with van der Waals surface area (Å²) in [4.78, 5) is 0. The maximum Gasteiger partial charge on any atom is 0.400 e. The van der Waals surface area contributed by atoms with Crippen LogP contribution in [0.5, 0.6) is 0 Å². The van der Waals surface area contributed by atoms with Gasteiger partial charge >= 0.3 is 6.18 Å². The molecular weight excluding hydrogens is 185 g/mol.